The first-order valence-electron chi connectivity index (χ1n) is 8.27. The Bertz CT molecular complexity index is 696. The lowest BCUT2D eigenvalue weighted by Crippen LogP contribution is -2.48. The molecule has 0 spiro atoms. The first kappa shape index (κ1) is 17.0. The van der Waals surface area contributed by atoms with Crippen molar-refractivity contribution in [3.8, 4) is 11.5 Å². The second-order valence-corrected chi connectivity index (χ2v) is 5.91. The van der Waals surface area contributed by atoms with Gasteiger partial charge in [-0.15, -0.1) is 0 Å². The highest BCUT2D eigenvalue weighted by Gasteiger charge is 2.17. The summed E-state index contributed by atoms with van der Waals surface area (Å²) in [5, 5.41) is 2.89. The summed E-state index contributed by atoms with van der Waals surface area (Å²) >= 11 is 0. The molecule has 0 bridgehead atoms. The molecule has 1 saturated heterocycles. The maximum absolute atomic E-state index is 12.1. The molecule has 1 N–H and O–H groups in total. The second-order valence-electron chi connectivity index (χ2n) is 5.91. The second kappa shape index (κ2) is 8.30. The molecule has 0 atom stereocenters. The van der Waals surface area contributed by atoms with E-state index in [-0.39, 0.29) is 5.91 Å². The van der Waals surface area contributed by atoms with E-state index in [0.717, 1.165) is 30.9 Å². The third-order valence-electron chi connectivity index (χ3n) is 4.04. The number of para-hydroxylation sites is 1. The van der Waals surface area contributed by atoms with Crippen molar-refractivity contribution in [2.75, 3.05) is 38.0 Å². The zero-order valence-electron chi connectivity index (χ0n) is 13.9. The summed E-state index contributed by atoms with van der Waals surface area (Å²) in [6.07, 6.45) is 0.858. The van der Waals surface area contributed by atoms with E-state index in [1.807, 2.05) is 59.5 Å². The highest BCUT2D eigenvalue weighted by atomic mass is 16.5. The van der Waals surface area contributed by atoms with Crippen LogP contribution in [0.2, 0.25) is 0 Å². The molecule has 6 nitrogen and oxygen atoms in total. The number of benzene rings is 2. The van der Waals surface area contributed by atoms with Crippen LogP contribution in [0.25, 0.3) is 0 Å². The van der Waals surface area contributed by atoms with Crippen molar-refractivity contribution in [1.29, 1.82) is 0 Å². The Balaban J connectivity index is 1.48. The minimum absolute atomic E-state index is 0.0590. The van der Waals surface area contributed by atoms with Crippen LogP contribution >= 0.6 is 0 Å². The normalized spacial score (nSPS) is 14.8. The number of nitrogens with zero attached hydrogens (tertiary/aromatic N) is 2. The van der Waals surface area contributed by atoms with E-state index < -0.39 is 0 Å². The van der Waals surface area contributed by atoms with Gasteiger partial charge < -0.3 is 15.0 Å². The topological polar surface area (TPSA) is 61.9 Å². The molecule has 1 heterocycles. The molecule has 3 rings (SSSR count). The maximum atomic E-state index is 12.1. The Kier molecular flexibility index (Phi) is 5.64. The van der Waals surface area contributed by atoms with Gasteiger partial charge in [-0.2, -0.15) is 0 Å². The molecule has 2 aromatic rings. The molecule has 0 aliphatic carbocycles. The summed E-state index contributed by atoms with van der Waals surface area (Å²) in [5.41, 5.74) is 0.733. The minimum atomic E-state index is -0.0590. The van der Waals surface area contributed by atoms with Gasteiger partial charge in [-0.05, 0) is 36.4 Å². The summed E-state index contributed by atoms with van der Waals surface area (Å²) in [6, 6.07) is 16.8. The van der Waals surface area contributed by atoms with Crippen LogP contribution in [0.5, 0.6) is 11.5 Å². The van der Waals surface area contributed by atoms with Crippen molar-refractivity contribution >= 4 is 18.0 Å². The van der Waals surface area contributed by atoms with Gasteiger partial charge in [-0.25, -0.2) is 0 Å². The monoisotopic (exact) mass is 339 g/mol. The van der Waals surface area contributed by atoms with Gasteiger partial charge in [0.1, 0.15) is 11.5 Å². The Morgan fingerprint density at radius 1 is 0.960 bits per heavy atom. The average molecular weight is 339 g/mol. The molecule has 130 valence electrons. The lowest BCUT2D eigenvalue weighted by Gasteiger charge is -2.31. The SMILES string of the molecule is O=CN1CCN(CC(=O)Nc2ccc(Oc3ccccc3)cc2)CC1. The quantitative estimate of drug-likeness (QED) is 0.820. The van der Waals surface area contributed by atoms with E-state index in [4.69, 9.17) is 4.74 Å². The van der Waals surface area contributed by atoms with Crippen molar-refractivity contribution in [1.82, 2.24) is 9.80 Å². The molecular formula is C19H21N3O3. The summed E-state index contributed by atoms with van der Waals surface area (Å²) in [5.74, 6) is 1.43. The standard InChI is InChI=1S/C19H21N3O3/c23-15-22-12-10-21(11-13-22)14-19(24)20-16-6-8-18(9-7-16)25-17-4-2-1-3-5-17/h1-9,15H,10-14H2,(H,20,24). The Morgan fingerprint density at radius 2 is 1.60 bits per heavy atom. The molecule has 1 fully saturated rings. The van der Waals surface area contributed by atoms with Crippen LogP contribution in [0.4, 0.5) is 5.69 Å². The first-order valence-corrected chi connectivity index (χ1v) is 8.27. The molecule has 1 aliphatic rings. The van der Waals surface area contributed by atoms with Gasteiger partial charge in [0.25, 0.3) is 0 Å². The number of nitrogens with one attached hydrogen (secondary N) is 1. The Labute approximate surface area is 147 Å². The van der Waals surface area contributed by atoms with Gasteiger partial charge in [0.2, 0.25) is 12.3 Å². The van der Waals surface area contributed by atoms with Gasteiger partial charge in [0.05, 0.1) is 6.54 Å². The Morgan fingerprint density at radius 3 is 2.24 bits per heavy atom. The molecule has 0 radical (unpaired) electrons. The molecule has 1 aliphatic heterocycles. The van der Waals surface area contributed by atoms with E-state index in [9.17, 15) is 9.59 Å². The number of hydrogen-bond acceptors (Lipinski definition) is 4. The summed E-state index contributed by atoms with van der Waals surface area (Å²) < 4.78 is 5.73. The fourth-order valence-electron chi connectivity index (χ4n) is 2.66. The fourth-order valence-corrected chi connectivity index (χ4v) is 2.66. The van der Waals surface area contributed by atoms with Crippen LogP contribution in [0.15, 0.2) is 54.6 Å². The molecule has 0 aromatic heterocycles. The van der Waals surface area contributed by atoms with Gasteiger partial charge in [0.15, 0.2) is 0 Å². The maximum Gasteiger partial charge on any atom is 0.238 e. The zero-order valence-corrected chi connectivity index (χ0v) is 13.9. The van der Waals surface area contributed by atoms with E-state index >= 15 is 0 Å². The third-order valence-corrected chi connectivity index (χ3v) is 4.04. The van der Waals surface area contributed by atoms with Crippen LogP contribution < -0.4 is 10.1 Å². The van der Waals surface area contributed by atoms with Crippen molar-refractivity contribution in [3.05, 3.63) is 54.6 Å². The van der Waals surface area contributed by atoms with E-state index in [2.05, 4.69) is 5.32 Å². The van der Waals surface area contributed by atoms with Crippen LogP contribution in [0, 0.1) is 0 Å². The number of hydrogen-bond donors (Lipinski definition) is 1. The number of carbonyl (C=O) groups is 2. The summed E-state index contributed by atoms with van der Waals surface area (Å²) in [6.45, 7) is 3.10. The van der Waals surface area contributed by atoms with Crippen molar-refractivity contribution in [2.24, 2.45) is 0 Å². The van der Waals surface area contributed by atoms with Gasteiger partial charge in [-0.3, -0.25) is 14.5 Å². The van der Waals surface area contributed by atoms with E-state index in [1.165, 1.54) is 0 Å². The number of carbonyl (C=O) groups excluding carboxylic acids is 2. The molecular weight excluding hydrogens is 318 g/mol. The average Bonchev–Trinajstić information content (AvgIpc) is 2.65. The number of ether oxygens (including phenoxy) is 1. The smallest absolute Gasteiger partial charge is 0.238 e. The van der Waals surface area contributed by atoms with Crippen molar-refractivity contribution in [3.63, 3.8) is 0 Å². The molecule has 2 amide bonds. The molecule has 6 heteroatoms. The number of anilines is 1. The Hall–Kier alpha value is -2.86. The highest BCUT2D eigenvalue weighted by Crippen LogP contribution is 2.22. The molecule has 2 aromatic carbocycles. The largest absolute Gasteiger partial charge is 0.457 e. The van der Waals surface area contributed by atoms with Gasteiger partial charge in [0, 0.05) is 31.9 Å². The zero-order chi connectivity index (χ0) is 17.5. The van der Waals surface area contributed by atoms with Crippen molar-refractivity contribution in [2.45, 2.75) is 0 Å². The number of amides is 2. The summed E-state index contributed by atoms with van der Waals surface area (Å²) in [4.78, 5) is 26.6. The lowest BCUT2D eigenvalue weighted by atomic mass is 10.3. The van der Waals surface area contributed by atoms with E-state index in [1.54, 1.807) is 4.90 Å². The minimum Gasteiger partial charge on any atom is -0.457 e. The number of rotatable bonds is 6. The van der Waals surface area contributed by atoms with Crippen LogP contribution in [0.3, 0.4) is 0 Å². The predicted molar refractivity (Wildman–Crippen MR) is 95.7 cm³/mol. The molecule has 0 saturated carbocycles. The summed E-state index contributed by atoms with van der Waals surface area (Å²) in [7, 11) is 0. The van der Waals surface area contributed by atoms with Crippen molar-refractivity contribution < 1.29 is 14.3 Å². The fraction of sp³-hybridized carbons (Fsp3) is 0.263. The number of piperazine rings is 1. The van der Waals surface area contributed by atoms with Crippen LogP contribution in [-0.2, 0) is 9.59 Å². The lowest BCUT2D eigenvalue weighted by molar-refractivity contribution is -0.120. The predicted octanol–water partition coefficient (Wildman–Crippen LogP) is 2.19. The third kappa shape index (κ3) is 5.06. The van der Waals surface area contributed by atoms with Gasteiger partial charge in [-0.1, -0.05) is 18.2 Å². The van der Waals surface area contributed by atoms with Crippen LogP contribution in [-0.4, -0.2) is 54.8 Å². The van der Waals surface area contributed by atoms with E-state index in [0.29, 0.717) is 25.4 Å². The molecule has 0 unspecified atom stereocenters. The highest BCUT2D eigenvalue weighted by molar-refractivity contribution is 5.92. The first-order chi connectivity index (χ1) is 12.2. The van der Waals surface area contributed by atoms with Crippen LogP contribution in [0.1, 0.15) is 0 Å². The molecule has 25 heavy (non-hydrogen) atoms. The van der Waals surface area contributed by atoms with Gasteiger partial charge >= 0.3 is 0 Å².